The summed E-state index contributed by atoms with van der Waals surface area (Å²) in [5, 5.41) is 98.8. The van der Waals surface area contributed by atoms with Crippen LogP contribution in [0.3, 0.4) is 0 Å². The fourth-order valence-corrected chi connectivity index (χ4v) is 13.2. The van der Waals surface area contributed by atoms with E-state index in [9.17, 15) is 77.5 Å². The van der Waals surface area contributed by atoms with Gasteiger partial charge < -0.3 is 60.5 Å². The molecular formula is C51H50F6O18S2. The van der Waals surface area contributed by atoms with E-state index in [1.165, 1.54) is 44.2 Å². The molecule has 2 fully saturated rings. The Balaban J connectivity index is 1.15. The van der Waals surface area contributed by atoms with Crippen molar-refractivity contribution in [3.63, 3.8) is 0 Å². The summed E-state index contributed by atoms with van der Waals surface area (Å²) in [6.45, 7) is 2.53. The summed E-state index contributed by atoms with van der Waals surface area (Å²) in [5.74, 6) is -22.5. The summed E-state index contributed by atoms with van der Waals surface area (Å²) in [5.41, 5.74) is -6.51. The molecule has 0 radical (unpaired) electrons. The Morgan fingerprint density at radius 3 is 1.39 bits per heavy atom. The molecule has 18 nitrogen and oxygen atoms in total. The third kappa shape index (κ3) is 9.37. The number of sulfone groups is 1. The van der Waals surface area contributed by atoms with E-state index >= 15 is 26.3 Å². The highest BCUT2D eigenvalue weighted by atomic mass is 32.2. The third-order valence-corrected chi connectivity index (χ3v) is 17.7. The second kappa shape index (κ2) is 20.9. The van der Waals surface area contributed by atoms with Gasteiger partial charge in [-0.25, -0.2) is 26.4 Å². The minimum absolute atomic E-state index is 0.00511. The van der Waals surface area contributed by atoms with Gasteiger partial charge in [-0.05, 0) is 82.6 Å². The standard InChI is InChI=1S/C51H50F6O18S2/c1-3-5-27(26-16-14-24(18-29(26)76(70)71)20-6-10-22(11-7-20)47(68)74-45-41(64)37(60)35(58)38(61)42(45)65)33-34(50(54,55)51(56,57)49(33,52)53)32-28-17-15-25(19-31(28)77(72,73)30(32)4-2)21-8-12-23(13-9-21)48(69)75-46-43(66)39(62)36(59)40(63)44(46)67/h5-19,30,32,35-46,58-67,76H,3-4H2,1-2H3/b27-5-/t30?,32?,35-,36-,37-,38+,39-,40+,41+,42-,43+,44-,45-,46-. The van der Waals surface area contributed by atoms with Gasteiger partial charge >= 0.3 is 29.7 Å². The van der Waals surface area contributed by atoms with E-state index in [1.807, 2.05) is 0 Å². The molecular weight excluding hydrogens is 1080 g/mol. The number of benzene rings is 4. The molecule has 4 aliphatic rings. The maximum absolute atomic E-state index is 16.7. The van der Waals surface area contributed by atoms with E-state index in [0.29, 0.717) is 0 Å². The number of halogens is 6. The number of thiol groups is 1. The lowest BCUT2D eigenvalue weighted by atomic mass is 9.80. The molecule has 77 heavy (non-hydrogen) atoms. The molecule has 10 N–H and O–H groups in total. The van der Waals surface area contributed by atoms with Gasteiger partial charge in [-0.1, -0.05) is 68.5 Å². The highest BCUT2D eigenvalue weighted by Crippen LogP contribution is 2.67. The van der Waals surface area contributed by atoms with E-state index in [4.69, 9.17) is 9.47 Å². The van der Waals surface area contributed by atoms with E-state index < -0.39 is 179 Å². The lowest BCUT2D eigenvalue weighted by Gasteiger charge is -2.41. The molecule has 0 saturated heterocycles. The molecule has 26 heteroatoms. The first-order valence-corrected chi connectivity index (χ1v) is 26.4. The minimum atomic E-state index is -6.21. The average molecular weight is 1130 g/mol. The molecule has 1 heterocycles. The maximum atomic E-state index is 16.7. The number of fused-ring (bicyclic) bond motifs is 1. The largest absolute Gasteiger partial charge is 0.453 e. The SMILES string of the molecule is CC/C=C(\C1=C(C2c3ccc(-c4ccc(C(=O)O[C@H]5[C@H](O)[C@@H](O)[C@H](O)[C@@H](O)[C@@H]5O)cc4)cc3S(=O)(=O)C2CC)C(F)(F)C(F)(F)C1(F)F)c1ccc(-c2ccc(C(=O)O[C@H]3[C@H](O)[C@@H](O)[C@H](O)[C@@H](O)[C@@H]3O)cc2)cc1[SH](=O)=O. The van der Waals surface area contributed by atoms with Crippen LogP contribution in [-0.4, -0.2) is 176 Å². The number of rotatable bonds is 12. The monoisotopic (exact) mass is 1130 g/mol. The van der Waals surface area contributed by atoms with Gasteiger partial charge in [0.15, 0.2) is 32.7 Å². The molecule has 4 aromatic carbocycles. The van der Waals surface area contributed by atoms with Gasteiger partial charge in [0.25, 0.3) is 0 Å². The lowest BCUT2D eigenvalue weighted by Crippen LogP contribution is -2.64. The van der Waals surface area contributed by atoms with E-state index in [2.05, 4.69) is 0 Å². The lowest BCUT2D eigenvalue weighted by molar-refractivity contribution is -0.264. The molecule has 2 unspecified atom stereocenters. The number of aliphatic hydroxyl groups excluding tert-OH is 10. The summed E-state index contributed by atoms with van der Waals surface area (Å²) in [6.07, 6.45) is -24.0. The van der Waals surface area contributed by atoms with Crippen molar-refractivity contribution >= 4 is 38.1 Å². The molecule has 8 rings (SSSR count). The third-order valence-electron chi connectivity index (χ3n) is 14.6. The Labute approximate surface area is 435 Å². The Bertz CT molecular complexity index is 3180. The summed E-state index contributed by atoms with van der Waals surface area (Å²) < 4.78 is 164. The van der Waals surface area contributed by atoms with Crippen LogP contribution in [-0.2, 0) is 30.0 Å². The molecule has 2 saturated carbocycles. The van der Waals surface area contributed by atoms with Crippen LogP contribution in [0, 0.1) is 0 Å². The fraction of sp³-hybridized carbons (Fsp3) is 0.412. The summed E-state index contributed by atoms with van der Waals surface area (Å²) >= 11 is 0. The van der Waals surface area contributed by atoms with Gasteiger partial charge in [-0.15, -0.1) is 0 Å². The van der Waals surface area contributed by atoms with Crippen LogP contribution in [0.4, 0.5) is 26.3 Å². The molecule has 0 spiro atoms. The first-order chi connectivity index (χ1) is 36.0. The van der Waals surface area contributed by atoms with Crippen molar-refractivity contribution in [2.24, 2.45) is 0 Å². The summed E-state index contributed by atoms with van der Waals surface area (Å²) in [4.78, 5) is 24.5. The van der Waals surface area contributed by atoms with Crippen molar-refractivity contribution in [1.29, 1.82) is 0 Å². The Kier molecular flexibility index (Phi) is 15.6. The van der Waals surface area contributed by atoms with Crippen molar-refractivity contribution in [3.05, 3.63) is 124 Å². The molecule has 4 aromatic rings. The van der Waals surface area contributed by atoms with Crippen LogP contribution >= 0.6 is 0 Å². The van der Waals surface area contributed by atoms with E-state index in [0.717, 1.165) is 60.7 Å². The number of hydrogen-bond donors (Lipinski definition) is 11. The number of allylic oxidation sites excluding steroid dienone is 4. The van der Waals surface area contributed by atoms with Crippen LogP contribution in [0.25, 0.3) is 27.8 Å². The van der Waals surface area contributed by atoms with Crippen molar-refractivity contribution < 1.29 is 113 Å². The predicted octanol–water partition coefficient (Wildman–Crippen LogP) is 2.04. The quantitative estimate of drug-likeness (QED) is 0.0549. The van der Waals surface area contributed by atoms with Gasteiger partial charge in [0.05, 0.1) is 26.2 Å². The summed E-state index contributed by atoms with van der Waals surface area (Å²) in [7, 11) is -8.72. The number of hydrogen-bond acceptors (Lipinski definition) is 18. The second-order valence-corrected chi connectivity index (χ2v) is 22.2. The van der Waals surface area contributed by atoms with E-state index in [-0.39, 0.29) is 39.8 Å². The van der Waals surface area contributed by atoms with Crippen molar-refractivity contribution in [2.45, 2.75) is 139 Å². The predicted molar refractivity (Wildman–Crippen MR) is 255 cm³/mol. The molecule has 416 valence electrons. The van der Waals surface area contributed by atoms with Gasteiger partial charge in [-0.3, -0.25) is 0 Å². The fourth-order valence-electron chi connectivity index (χ4n) is 10.4. The highest BCUT2D eigenvalue weighted by molar-refractivity contribution is 7.92. The molecule has 3 aliphatic carbocycles. The average Bonchev–Trinajstić information content (AvgIpc) is 3.84. The van der Waals surface area contributed by atoms with Crippen LogP contribution in [0.1, 0.15) is 64.4 Å². The minimum Gasteiger partial charge on any atom is -0.453 e. The van der Waals surface area contributed by atoms with Crippen LogP contribution in [0.5, 0.6) is 0 Å². The normalized spacial score (nSPS) is 32.2. The smallest absolute Gasteiger partial charge is 0.380 e. The van der Waals surface area contributed by atoms with Gasteiger partial charge in [0.2, 0.25) is 0 Å². The first-order valence-electron chi connectivity index (χ1n) is 23.7. The number of carbonyl (C=O) groups is 2. The number of alkyl halides is 6. The Hall–Kier alpha value is -5.62. The molecule has 14 atom stereocenters. The summed E-state index contributed by atoms with van der Waals surface area (Å²) in [6, 6.07) is 15.6. The van der Waals surface area contributed by atoms with Crippen LogP contribution in [0.15, 0.2) is 112 Å². The van der Waals surface area contributed by atoms with Crippen LogP contribution < -0.4 is 0 Å². The number of carbonyl (C=O) groups excluding carboxylic acids is 2. The zero-order chi connectivity index (χ0) is 56.8. The van der Waals surface area contributed by atoms with Crippen LogP contribution in [0.2, 0.25) is 0 Å². The van der Waals surface area contributed by atoms with Gasteiger partial charge in [-0.2, -0.15) is 26.3 Å². The number of esters is 2. The van der Waals surface area contributed by atoms with E-state index in [1.54, 1.807) is 0 Å². The Morgan fingerprint density at radius 2 is 0.974 bits per heavy atom. The van der Waals surface area contributed by atoms with Gasteiger partial charge in [0.1, 0.15) is 61.0 Å². The highest BCUT2D eigenvalue weighted by Gasteiger charge is 2.81. The zero-order valence-corrected chi connectivity index (χ0v) is 41.7. The number of aliphatic hydroxyl groups is 10. The number of ether oxygens (including phenoxy) is 2. The second-order valence-electron chi connectivity index (χ2n) is 19.0. The van der Waals surface area contributed by atoms with Crippen molar-refractivity contribution in [3.8, 4) is 22.3 Å². The van der Waals surface area contributed by atoms with Gasteiger partial charge in [0, 0.05) is 22.6 Å². The Morgan fingerprint density at radius 1 is 0.571 bits per heavy atom. The van der Waals surface area contributed by atoms with Crippen molar-refractivity contribution in [1.82, 2.24) is 0 Å². The van der Waals surface area contributed by atoms with Crippen molar-refractivity contribution in [2.75, 3.05) is 0 Å². The molecule has 0 aromatic heterocycles. The maximum Gasteiger partial charge on any atom is 0.380 e. The molecule has 0 bridgehead atoms. The molecule has 0 amide bonds. The zero-order valence-electron chi connectivity index (χ0n) is 40.0. The topological polar surface area (TPSA) is 323 Å². The first kappa shape index (κ1) is 57.6. The molecule has 1 aliphatic heterocycles.